The van der Waals surface area contributed by atoms with Crippen molar-refractivity contribution in [3.63, 3.8) is 0 Å². The predicted molar refractivity (Wildman–Crippen MR) is 85.7 cm³/mol. The molecule has 1 heteroatoms. The molecule has 1 aliphatic rings. The van der Waals surface area contributed by atoms with Gasteiger partial charge in [0.2, 0.25) is 0 Å². The Bertz CT molecular complexity index is 422. The van der Waals surface area contributed by atoms with E-state index in [2.05, 4.69) is 52.0 Å². The molecule has 112 valence electrons. The van der Waals surface area contributed by atoms with Gasteiger partial charge in [-0.2, -0.15) is 0 Å². The van der Waals surface area contributed by atoms with E-state index in [0.717, 1.165) is 43.6 Å². The number of rotatable bonds is 4. The van der Waals surface area contributed by atoms with Crippen molar-refractivity contribution in [1.82, 2.24) is 0 Å². The minimum atomic E-state index is -0.591. The van der Waals surface area contributed by atoms with Gasteiger partial charge in [0.15, 0.2) is 0 Å². The summed E-state index contributed by atoms with van der Waals surface area (Å²) in [6, 6.07) is 8.58. The highest BCUT2D eigenvalue weighted by Crippen LogP contribution is 2.46. The highest BCUT2D eigenvalue weighted by molar-refractivity contribution is 5.27. The molecule has 0 unspecified atom stereocenters. The standard InChI is InChI=1S/C19H30O/c1-5-15-7-9-17(10-8-15)19(20)13-11-16(12-14-19)18(3,4)6-2/h7-10,16,20H,5-6,11-14H2,1-4H3. The summed E-state index contributed by atoms with van der Waals surface area (Å²) in [5.74, 6) is 0.752. The van der Waals surface area contributed by atoms with Gasteiger partial charge < -0.3 is 5.11 Å². The van der Waals surface area contributed by atoms with E-state index in [9.17, 15) is 5.11 Å². The van der Waals surface area contributed by atoms with Gasteiger partial charge in [0.05, 0.1) is 5.60 Å². The van der Waals surface area contributed by atoms with Gasteiger partial charge >= 0.3 is 0 Å². The van der Waals surface area contributed by atoms with Crippen molar-refractivity contribution in [2.24, 2.45) is 11.3 Å². The topological polar surface area (TPSA) is 20.2 Å². The Morgan fingerprint density at radius 1 is 1.10 bits per heavy atom. The minimum absolute atomic E-state index is 0.410. The van der Waals surface area contributed by atoms with Crippen LogP contribution in [-0.2, 0) is 12.0 Å². The average Bonchev–Trinajstić information content (AvgIpc) is 2.48. The van der Waals surface area contributed by atoms with Crippen LogP contribution >= 0.6 is 0 Å². The van der Waals surface area contributed by atoms with Gasteiger partial charge in [0.1, 0.15) is 0 Å². The normalized spacial score (nSPS) is 27.6. The summed E-state index contributed by atoms with van der Waals surface area (Å²) >= 11 is 0. The molecule has 0 aliphatic heterocycles. The molecule has 0 amide bonds. The van der Waals surface area contributed by atoms with Crippen molar-refractivity contribution in [2.75, 3.05) is 0 Å². The minimum Gasteiger partial charge on any atom is -0.385 e. The zero-order valence-corrected chi connectivity index (χ0v) is 13.6. The van der Waals surface area contributed by atoms with E-state index in [-0.39, 0.29) is 0 Å². The maximum atomic E-state index is 11.0. The molecule has 0 bridgehead atoms. The van der Waals surface area contributed by atoms with Crippen LogP contribution in [0.2, 0.25) is 0 Å². The number of benzene rings is 1. The summed E-state index contributed by atoms with van der Waals surface area (Å²) in [5.41, 5.74) is 2.28. The molecule has 0 heterocycles. The summed E-state index contributed by atoms with van der Waals surface area (Å²) < 4.78 is 0. The fraction of sp³-hybridized carbons (Fsp3) is 0.684. The Kier molecular flexibility index (Phi) is 4.59. The number of hydrogen-bond acceptors (Lipinski definition) is 1. The Hall–Kier alpha value is -0.820. The molecule has 1 aliphatic carbocycles. The van der Waals surface area contributed by atoms with Crippen LogP contribution in [0.4, 0.5) is 0 Å². The second-order valence-electron chi connectivity index (χ2n) is 7.20. The van der Waals surface area contributed by atoms with Gasteiger partial charge in [-0.1, -0.05) is 58.4 Å². The highest BCUT2D eigenvalue weighted by Gasteiger charge is 2.39. The lowest BCUT2D eigenvalue weighted by Crippen LogP contribution is -2.36. The third-order valence-corrected chi connectivity index (χ3v) is 5.73. The first-order chi connectivity index (χ1) is 9.41. The third kappa shape index (κ3) is 3.09. The summed E-state index contributed by atoms with van der Waals surface area (Å²) in [4.78, 5) is 0. The van der Waals surface area contributed by atoms with Gasteiger partial charge in [0, 0.05) is 0 Å². The molecule has 2 rings (SSSR count). The molecule has 1 fully saturated rings. The molecule has 0 aromatic heterocycles. The molecular formula is C19H30O. The zero-order valence-electron chi connectivity index (χ0n) is 13.6. The maximum absolute atomic E-state index is 11.0. The SMILES string of the molecule is CCc1ccc(C2(O)CCC(C(C)(C)CC)CC2)cc1. The summed E-state index contributed by atoms with van der Waals surface area (Å²) in [7, 11) is 0. The molecule has 0 radical (unpaired) electrons. The van der Waals surface area contributed by atoms with Crippen molar-refractivity contribution < 1.29 is 5.11 Å². The first-order valence-electron chi connectivity index (χ1n) is 8.23. The van der Waals surface area contributed by atoms with Gasteiger partial charge in [-0.05, 0) is 54.6 Å². The lowest BCUT2D eigenvalue weighted by molar-refractivity contribution is -0.0328. The first-order valence-corrected chi connectivity index (χ1v) is 8.23. The summed E-state index contributed by atoms with van der Waals surface area (Å²) in [6.45, 7) is 9.20. The Morgan fingerprint density at radius 2 is 1.65 bits per heavy atom. The van der Waals surface area contributed by atoms with Crippen molar-refractivity contribution in [3.8, 4) is 0 Å². The fourth-order valence-electron chi connectivity index (χ4n) is 3.50. The second-order valence-corrected chi connectivity index (χ2v) is 7.20. The largest absolute Gasteiger partial charge is 0.385 e. The lowest BCUT2D eigenvalue weighted by atomic mass is 9.65. The lowest BCUT2D eigenvalue weighted by Gasteiger charge is -2.42. The van der Waals surface area contributed by atoms with Crippen LogP contribution in [0.5, 0.6) is 0 Å². The maximum Gasteiger partial charge on any atom is 0.0896 e. The monoisotopic (exact) mass is 274 g/mol. The zero-order chi connectivity index (χ0) is 14.8. The van der Waals surface area contributed by atoms with Crippen molar-refractivity contribution >= 4 is 0 Å². The van der Waals surface area contributed by atoms with Crippen molar-refractivity contribution in [2.45, 2.75) is 71.8 Å². The van der Waals surface area contributed by atoms with Crippen molar-refractivity contribution in [1.29, 1.82) is 0 Å². The van der Waals surface area contributed by atoms with E-state index in [1.807, 2.05) is 0 Å². The van der Waals surface area contributed by atoms with E-state index < -0.39 is 5.60 Å². The van der Waals surface area contributed by atoms with Gasteiger partial charge in [-0.3, -0.25) is 0 Å². The van der Waals surface area contributed by atoms with Crippen LogP contribution < -0.4 is 0 Å². The molecule has 1 nitrogen and oxygen atoms in total. The van der Waals surface area contributed by atoms with E-state index in [0.29, 0.717) is 5.41 Å². The molecule has 1 N–H and O–H groups in total. The Morgan fingerprint density at radius 3 is 2.10 bits per heavy atom. The van der Waals surface area contributed by atoms with Crippen LogP contribution in [0, 0.1) is 11.3 Å². The van der Waals surface area contributed by atoms with E-state index in [1.165, 1.54) is 12.0 Å². The quantitative estimate of drug-likeness (QED) is 0.813. The van der Waals surface area contributed by atoms with Gasteiger partial charge in [-0.15, -0.1) is 0 Å². The molecule has 0 atom stereocenters. The van der Waals surface area contributed by atoms with E-state index in [4.69, 9.17) is 0 Å². The highest BCUT2D eigenvalue weighted by atomic mass is 16.3. The van der Waals surface area contributed by atoms with Crippen LogP contribution in [0.25, 0.3) is 0 Å². The number of aliphatic hydroxyl groups is 1. The number of aryl methyl sites for hydroxylation is 1. The van der Waals surface area contributed by atoms with E-state index >= 15 is 0 Å². The molecule has 1 aromatic carbocycles. The van der Waals surface area contributed by atoms with Crippen LogP contribution in [0.15, 0.2) is 24.3 Å². The fourth-order valence-corrected chi connectivity index (χ4v) is 3.50. The smallest absolute Gasteiger partial charge is 0.0896 e. The summed E-state index contributed by atoms with van der Waals surface area (Å²) in [5, 5.41) is 11.0. The molecule has 1 saturated carbocycles. The molecular weight excluding hydrogens is 244 g/mol. The third-order valence-electron chi connectivity index (χ3n) is 5.73. The van der Waals surface area contributed by atoms with E-state index in [1.54, 1.807) is 0 Å². The van der Waals surface area contributed by atoms with Gasteiger partial charge in [0.25, 0.3) is 0 Å². The Labute approximate surface area is 124 Å². The predicted octanol–water partition coefficient (Wildman–Crippen LogP) is 5.06. The molecule has 1 aromatic rings. The number of hydrogen-bond donors (Lipinski definition) is 1. The average molecular weight is 274 g/mol. The van der Waals surface area contributed by atoms with Crippen molar-refractivity contribution in [3.05, 3.63) is 35.4 Å². The summed E-state index contributed by atoms with van der Waals surface area (Å²) in [6.07, 6.45) is 6.39. The molecule has 0 saturated heterocycles. The van der Waals surface area contributed by atoms with Crippen LogP contribution in [-0.4, -0.2) is 5.11 Å². The van der Waals surface area contributed by atoms with Crippen LogP contribution in [0.3, 0.4) is 0 Å². The molecule has 20 heavy (non-hydrogen) atoms. The second kappa shape index (κ2) is 5.89. The van der Waals surface area contributed by atoms with Gasteiger partial charge in [-0.25, -0.2) is 0 Å². The first kappa shape index (κ1) is 15.6. The Balaban J connectivity index is 2.07. The van der Waals surface area contributed by atoms with Crippen LogP contribution in [0.1, 0.15) is 70.9 Å². The molecule has 0 spiro atoms.